The number of ether oxygens (including phenoxy) is 2. The van der Waals surface area contributed by atoms with Crippen LogP contribution in [0.25, 0.3) is 5.69 Å². The lowest BCUT2D eigenvalue weighted by atomic mass is 9.79. The van der Waals surface area contributed by atoms with Crippen LogP contribution in [0.15, 0.2) is 57.1 Å². The van der Waals surface area contributed by atoms with Gasteiger partial charge in [0, 0.05) is 6.42 Å². The predicted octanol–water partition coefficient (Wildman–Crippen LogP) is 3.43. The molecule has 0 radical (unpaired) electrons. The molecule has 1 aliphatic rings. The summed E-state index contributed by atoms with van der Waals surface area (Å²) in [4.78, 5) is 16.3. The van der Waals surface area contributed by atoms with E-state index in [4.69, 9.17) is 18.8 Å². The van der Waals surface area contributed by atoms with Gasteiger partial charge in [0.2, 0.25) is 15.7 Å². The lowest BCUT2D eigenvalue weighted by Crippen LogP contribution is -2.41. The first kappa shape index (κ1) is 29.6. The fraction of sp³-hybridized carbons (Fsp3) is 0.429. The number of sulfone groups is 1. The molecule has 4 rings (SSSR count). The normalized spacial score (nSPS) is 16.2. The Balaban J connectivity index is 1.85. The molecule has 0 atom stereocenters. The van der Waals surface area contributed by atoms with Gasteiger partial charge in [-0.05, 0) is 63.8 Å². The van der Waals surface area contributed by atoms with E-state index in [2.05, 4.69) is 4.98 Å². The first-order valence-corrected chi connectivity index (χ1v) is 14.5. The minimum atomic E-state index is -4.50. The van der Waals surface area contributed by atoms with Crippen molar-refractivity contribution in [1.29, 1.82) is 0 Å². The summed E-state index contributed by atoms with van der Waals surface area (Å²) in [5, 5.41) is 11.5. The molecule has 1 aromatic heterocycles. The number of methoxy groups -OCH3 is 2. The van der Waals surface area contributed by atoms with Crippen LogP contribution < -0.4 is 20.5 Å². The van der Waals surface area contributed by atoms with Gasteiger partial charge >= 0.3 is 7.12 Å². The summed E-state index contributed by atoms with van der Waals surface area (Å²) in [5.41, 5.74) is -1.33. The zero-order chi connectivity index (χ0) is 29.5. The van der Waals surface area contributed by atoms with Crippen LogP contribution in [0.5, 0.6) is 17.4 Å². The Morgan fingerprint density at radius 1 is 0.975 bits per heavy atom. The topological polar surface area (TPSA) is 126 Å². The van der Waals surface area contributed by atoms with Crippen molar-refractivity contribution in [2.45, 2.75) is 74.9 Å². The van der Waals surface area contributed by atoms with Gasteiger partial charge in [-0.2, -0.15) is 4.98 Å². The van der Waals surface area contributed by atoms with E-state index in [0.29, 0.717) is 29.8 Å². The smallest absolute Gasteiger partial charge is 0.494 e. The Bertz CT molecular complexity index is 1530. The fourth-order valence-corrected chi connectivity index (χ4v) is 5.80. The second-order valence-electron chi connectivity index (χ2n) is 10.6. The van der Waals surface area contributed by atoms with Crippen LogP contribution in [0.3, 0.4) is 0 Å². The number of rotatable bonds is 9. The van der Waals surface area contributed by atoms with E-state index in [1.807, 2.05) is 34.6 Å². The van der Waals surface area contributed by atoms with Crippen LogP contribution in [0.2, 0.25) is 0 Å². The SMILES string of the molecule is CCCCc1nc(=O)c(S(=O)(=O)c2ccc(B3OC(C)(C)C(C)(C)O3)cc2)c(O)n1-c1c(OC)cccc1OC. The van der Waals surface area contributed by atoms with Crippen LogP contribution in [0, 0.1) is 0 Å². The molecule has 0 unspecified atom stereocenters. The molecule has 2 heterocycles. The summed E-state index contributed by atoms with van der Waals surface area (Å²) in [6.45, 7) is 9.67. The molecule has 1 fully saturated rings. The van der Waals surface area contributed by atoms with Crippen LogP contribution >= 0.6 is 0 Å². The third kappa shape index (κ3) is 5.11. The number of unbranched alkanes of at least 4 members (excludes halogenated alkanes) is 1. The summed E-state index contributed by atoms with van der Waals surface area (Å²) in [5.74, 6) is 0.00654. The molecule has 1 saturated heterocycles. The van der Waals surface area contributed by atoms with Gasteiger partial charge in [0.25, 0.3) is 5.56 Å². The third-order valence-electron chi connectivity index (χ3n) is 7.46. The maximum absolute atomic E-state index is 13.8. The Hall–Kier alpha value is -3.35. The van der Waals surface area contributed by atoms with Crippen molar-refractivity contribution in [3.05, 3.63) is 58.6 Å². The molecule has 0 bridgehead atoms. The van der Waals surface area contributed by atoms with E-state index in [-0.39, 0.29) is 16.4 Å². The summed E-state index contributed by atoms with van der Waals surface area (Å²) >= 11 is 0. The van der Waals surface area contributed by atoms with Crippen molar-refractivity contribution in [1.82, 2.24) is 9.55 Å². The first-order chi connectivity index (χ1) is 18.8. The molecule has 2 aromatic carbocycles. The first-order valence-electron chi connectivity index (χ1n) is 13.1. The zero-order valence-corrected chi connectivity index (χ0v) is 24.7. The highest BCUT2D eigenvalue weighted by molar-refractivity contribution is 7.91. The van der Waals surface area contributed by atoms with Gasteiger partial charge in [-0.1, -0.05) is 31.5 Å². The predicted molar refractivity (Wildman–Crippen MR) is 151 cm³/mol. The Morgan fingerprint density at radius 3 is 2.02 bits per heavy atom. The lowest BCUT2D eigenvalue weighted by molar-refractivity contribution is 0.00578. The quantitative estimate of drug-likeness (QED) is 0.385. The summed E-state index contributed by atoms with van der Waals surface area (Å²) < 4.78 is 51.9. The van der Waals surface area contributed by atoms with E-state index in [9.17, 15) is 18.3 Å². The van der Waals surface area contributed by atoms with Crippen LogP contribution in [-0.2, 0) is 25.6 Å². The standard InChI is InChI=1S/C28H35BN2O8S/c1-8-9-13-22-30-25(32)24(26(33)31(22)23-20(36-6)11-10-12-21(23)37-7)40(34,35)19-16-14-18(15-17-19)29-38-27(2,3)28(4,5)39-29/h10-12,14-17,33H,8-9,13H2,1-7H3. The highest BCUT2D eigenvalue weighted by Gasteiger charge is 2.51. The molecule has 0 spiro atoms. The molecular formula is C28H35BN2O8S. The molecular weight excluding hydrogens is 535 g/mol. The van der Waals surface area contributed by atoms with E-state index >= 15 is 0 Å². The highest BCUT2D eigenvalue weighted by Crippen LogP contribution is 2.39. The molecule has 0 aliphatic carbocycles. The van der Waals surface area contributed by atoms with Crippen LogP contribution in [0.4, 0.5) is 0 Å². The zero-order valence-electron chi connectivity index (χ0n) is 23.8. The number of nitrogens with zero attached hydrogens (tertiary/aromatic N) is 2. The Kier molecular flexibility index (Phi) is 8.08. The number of hydrogen-bond acceptors (Lipinski definition) is 9. The average Bonchev–Trinajstić information content (AvgIpc) is 3.13. The van der Waals surface area contributed by atoms with Gasteiger partial charge in [-0.15, -0.1) is 0 Å². The molecule has 1 aliphatic heterocycles. The molecule has 214 valence electrons. The van der Waals surface area contributed by atoms with Gasteiger partial charge in [0.05, 0.1) is 30.3 Å². The average molecular weight is 570 g/mol. The molecule has 0 amide bonds. The van der Waals surface area contributed by atoms with E-state index in [1.165, 1.54) is 30.9 Å². The summed E-state index contributed by atoms with van der Waals surface area (Å²) in [6.07, 6.45) is 1.74. The molecule has 40 heavy (non-hydrogen) atoms. The van der Waals surface area contributed by atoms with Crippen molar-refractivity contribution in [2.75, 3.05) is 14.2 Å². The van der Waals surface area contributed by atoms with E-state index < -0.39 is 44.5 Å². The number of hydrogen-bond donors (Lipinski definition) is 1. The van der Waals surface area contributed by atoms with Crippen LogP contribution in [0.1, 0.15) is 53.3 Å². The van der Waals surface area contributed by atoms with Gasteiger partial charge in [-0.25, -0.2) is 8.42 Å². The number of benzene rings is 2. The Labute approximate surface area is 234 Å². The van der Waals surface area contributed by atoms with E-state index in [1.54, 1.807) is 30.3 Å². The van der Waals surface area contributed by atoms with Gasteiger partial charge < -0.3 is 23.9 Å². The van der Waals surface area contributed by atoms with Crippen molar-refractivity contribution < 1.29 is 32.3 Å². The highest BCUT2D eigenvalue weighted by atomic mass is 32.2. The third-order valence-corrected chi connectivity index (χ3v) is 9.25. The number of aromatic hydroxyl groups is 1. The molecule has 0 saturated carbocycles. The maximum atomic E-state index is 13.8. The minimum Gasteiger partial charge on any atom is -0.494 e. The Morgan fingerprint density at radius 2 is 1.52 bits per heavy atom. The minimum absolute atomic E-state index is 0.183. The van der Waals surface area contributed by atoms with Crippen molar-refractivity contribution in [3.63, 3.8) is 0 Å². The molecule has 1 N–H and O–H groups in total. The molecule has 3 aromatic rings. The largest absolute Gasteiger partial charge is 0.494 e. The lowest BCUT2D eigenvalue weighted by Gasteiger charge is -2.32. The maximum Gasteiger partial charge on any atom is 0.494 e. The second kappa shape index (κ2) is 10.9. The van der Waals surface area contributed by atoms with Crippen LogP contribution in [-0.4, -0.2) is 55.6 Å². The number of aryl methyl sites for hydroxylation is 1. The molecule has 12 heteroatoms. The van der Waals surface area contributed by atoms with Gasteiger partial charge in [0.15, 0.2) is 4.90 Å². The number of para-hydroxylation sites is 1. The summed E-state index contributed by atoms with van der Waals surface area (Å²) in [6, 6.07) is 10.8. The monoisotopic (exact) mass is 570 g/mol. The van der Waals surface area contributed by atoms with Crippen molar-refractivity contribution >= 4 is 22.4 Å². The second-order valence-corrected chi connectivity index (χ2v) is 12.5. The van der Waals surface area contributed by atoms with Crippen molar-refractivity contribution in [2.24, 2.45) is 0 Å². The fourth-order valence-electron chi connectivity index (χ4n) is 4.46. The number of aromatic nitrogens is 2. The van der Waals surface area contributed by atoms with Crippen molar-refractivity contribution in [3.8, 4) is 23.1 Å². The van der Waals surface area contributed by atoms with E-state index in [0.717, 1.165) is 6.42 Å². The molecule has 10 nitrogen and oxygen atoms in total. The van der Waals surface area contributed by atoms with Gasteiger partial charge in [0.1, 0.15) is 23.0 Å². The summed E-state index contributed by atoms with van der Waals surface area (Å²) in [7, 11) is -2.31. The van der Waals surface area contributed by atoms with Gasteiger partial charge in [-0.3, -0.25) is 9.36 Å².